The lowest BCUT2D eigenvalue weighted by molar-refractivity contribution is 0.0692. The van der Waals surface area contributed by atoms with Crippen LogP contribution < -0.4 is 10.6 Å². The SMILES string of the molecule is Cc1ccc(NC(=O)Nc2cccnc2C(=O)O)cc1Br. The molecule has 1 aromatic heterocycles. The zero-order valence-electron chi connectivity index (χ0n) is 11.1. The molecule has 7 heteroatoms. The van der Waals surface area contributed by atoms with Crippen molar-refractivity contribution in [1.29, 1.82) is 0 Å². The number of carbonyl (C=O) groups excluding carboxylic acids is 1. The summed E-state index contributed by atoms with van der Waals surface area (Å²) in [6.07, 6.45) is 1.35. The normalized spacial score (nSPS) is 10.0. The third kappa shape index (κ3) is 3.79. The molecule has 1 aromatic carbocycles. The van der Waals surface area contributed by atoms with Gasteiger partial charge in [0, 0.05) is 16.4 Å². The van der Waals surface area contributed by atoms with Crippen molar-refractivity contribution in [2.45, 2.75) is 6.92 Å². The van der Waals surface area contributed by atoms with Crippen LogP contribution in [-0.4, -0.2) is 22.1 Å². The fraction of sp³-hybridized carbons (Fsp3) is 0.0714. The highest BCUT2D eigenvalue weighted by Gasteiger charge is 2.13. The van der Waals surface area contributed by atoms with Crippen LogP contribution in [0.5, 0.6) is 0 Å². The summed E-state index contributed by atoms with van der Waals surface area (Å²) >= 11 is 3.37. The summed E-state index contributed by atoms with van der Waals surface area (Å²) in [5.41, 5.74) is 1.55. The van der Waals surface area contributed by atoms with Gasteiger partial charge in [0.05, 0.1) is 5.69 Å². The van der Waals surface area contributed by atoms with E-state index < -0.39 is 12.0 Å². The number of carboxylic acids is 1. The Kier molecular flexibility index (Phi) is 4.54. The van der Waals surface area contributed by atoms with Gasteiger partial charge in [-0.2, -0.15) is 0 Å². The van der Waals surface area contributed by atoms with Gasteiger partial charge in [-0.05, 0) is 36.8 Å². The van der Waals surface area contributed by atoms with Crippen molar-refractivity contribution in [3.8, 4) is 0 Å². The van der Waals surface area contributed by atoms with Crippen LogP contribution in [0.3, 0.4) is 0 Å². The molecule has 0 unspecified atom stereocenters. The Morgan fingerprint density at radius 2 is 2.00 bits per heavy atom. The van der Waals surface area contributed by atoms with Crippen LogP contribution in [0.1, 0.15) is 16.1 Å². The first-order valence-corrected chi connectivity index (χ1v) is 6.79. The summed E-state index contributed by atoms with van der Waals surface area (Å²) in [6.45, 7) is 1.93. The number of halogens is 1. The molecule has 0 spiro atoms. The van der Waals surface area contributed by atoms with Crippen molar-refractivity contribution >= 4 is 39.3 Å². The molecule has 3 N–H and O–H groups in total. The maximum absolute atomic E-state index is 11.9. The van der Waals surface area contributed by atoms with E-state index in [1.165, 1.54) is 12.3 Å². The van der Waals surface area contributed by atoms with Gasteiger partial charge in [-0.1, -0.05) is 22.0 Å². The van der Waals surface area contributed by atoms with E-state index in [4.69, 9.17) is 5.11 Å². The fourth-order valence-electron chi connectivity index (χ4n) is 1.63. The summed E-state index contributed by atoms with van der Waals surface area (Å²) in [5, 5.41) is 14.1. The topological polar surface area (TPSA) is 91.3 Å². The Labute approximate surface area is 129 Å². The number of hydrogen-bond acceptors (Lipinski definition) is 3. The number of aromatic carboxylic acids is 1. The second kappa shape index (κ2) is 6.36. The summed E-state index contributed by atoms with van der Waals surface area (Å²) < 4.78 is 0.868. The van der Waals surface area contributed by atoms with Gasteiger partial charge in [0.25, 0.3) is 0 Å². The molecule has 0 fully saturated rings. The van der Waals surface area contributed by atoms with Gasteiger partial charge in [0.2, 0.25) is 0 Å². The summed E-state index contributed by atoms with van der Waals surface area (Å²) in [6, 6.07) is 7.84. The first kappa shape index (κ1) is 15.0. The van der Waals surface area contributed by atoms with Gasteiger partial charge in [-0.15, -0.1) is 0 Å². The van der Waals surface area contributed by atoms with E-state index in [0.717, 1.165) is 10.0 Å². The Balaban J connectivity index is 2.12. The number of pyridine rings is 1. The smallest absolute Gasteiger partial charge is 0.356 e. The van der Waals surface area contributed by atoms with Crippen LogP contribution in [0.4, 0.5) is 16.2 Å². The Morgan fingerprint density at radius 3 is 2.67 bits per heavy atom. The second-order valence-corrected chi connectivity index (χ2v) is 5.10. The molecule has 0 radical (unpaired) electrons. The van der Waals surface area contributed by atoms with E-state index in [9.17, 15) is 9.59 Å². The number of carbonyl (C=O) groups is 2. The van der Waals surface area contributed by atoms with Gasteiger partial charge in [0.1, 0.15) is 0 Å². The lowest BCUT2D eigenvalue weighted by atomic mass is 10.2. The van der Waals surface area contributed by atoms with E-state index in [2.05, 4.69) is 31.5 Å². The average molecular weight is 350 g/mol. The number of nitrogens with zero attached hydrogens (tertiary/aromatic N) is 1. The van der Waals surface area contributed by atoms with Crippen molar-refractivity contribution in [3.05, 3.63) is 52.3 Å². The van der Waals surface area contributed by atoms with Gasteiger partial charge < -0.3 is 15.7 Å². The Morgan fingerprint density at radius 1 is 1.24 bits per heavy atom. The molecular formula is C14H12BrN3O3. The van der Waals surface area contributed by atoms with Crippen LogP contribution in [0, 0.1) is 6.92 Å². The maximum atomic E-state index is 11.9. The van der Waals surface area contributed by atoms with E-state index in [1.54, 1.807) is 18.2 Å². The predicted molar refractivity (Wildman–Crippen MR) is 82.7 cm³/mol. The second-order valence-electron chi connectivity index (χ2n) is 4.25. The lowest BCUT2D eigenvalue weighted by Gasteiger charge is -2.10. The molecule has 2 amide bonds. The number of anilines is 2. The quantitative estimate of drug-likeness (QED) is 0.790. The number of hydrogen-bond donors (Lipinski definition) is 3. The fourth-order valence-corrected chi connectivity index (χ4v) is 2.01. The van der Waals surface area contributed by atoms with Crippen LogP contribution >= 0.6 is 15.9 Å². The van der Waals surface area contributed by atoms with E-state index in [-0.39, 0.29) is 11.4 Å². The molecule has 2 rings (SSSR count). The highest BCUT2D eigenvalue weighted by molar-refractivity contribution is 9.10. The largest absolute Gasteiger partial charge is 0.476 e. The molecule has 0 saturated heterocycles. The van der Waals surface area contributed by atoms with Crippen molar-refractivity contribution in [1.82, 2.24) is 4.98 Å². The predicted octanol–water partition coefficient (Wildman–Crippen LogP) is 3.49. The number of rotatable bonds is 3. The first-order chi connectivity index (χ1) is 9.97. The highest BCUT2D eigenvalue weighted by Crippen LogP contribution is 2.21. The minimum absolute atomic E-state index is 0.133. The Hall–Kier alpha value is -2.41. The third-order valence-electron chi connectivity index (χ3n) is 2.69. The standard InChI is InChI=1S/C14H12BrN3O3/c1-8-4-5-9(7-10(8)15)17-14(21)18-11-3-2-6-16-12(11)13(19)20/h2-7H,1H3,(H,19,20)(H2,17,18,21). The first-order valence-electron chi connectivity index (χ1n) is 6.00. The number of aromatic nitrogens is 1. The number of carboxylic acid groups (broad SMARTS) is 1. The zero-order valence-corrected chi connectivity index (χ0v) is 12.6. The molecule has 6 nitrogen and oxygen atoms in total. The van der Waals surface area contributed by atoms with Crippen molar-refractivity contribution in [3.63, 3.8) is 0 Å². The highest BCUT2D eigenvalue weighted by atomic mass is 79.9. The number of benzene rings is 1. The van der Waals surface area contributed by atoms with Gasteiger partial charge in [-0.25, -0.2) is 14.6 Å². The lowest BCUT2D eigenvalue weighted by Crippen LogP contribution is -2.21. The number of amides is 2. The van der Waals surface area contributed by atoms with Gasteiger partial charge in [-0.3, -0.25) is 0 Å². The average Bonchev–Trinajstić information content (AvgIpc) is 2.43. The molecule has 0 aliphatic rings. The molecular weight excluding hydrogens is 338 g/mol. The van der Waals surface area contributed by atoms with E-state index in [0.29, 0.717) is 5.69 Å². The zero-order chi connectivity index (χ0) is 15.4. The molecule has 0 atom stereocenters. The van der Waals surface area contributed by atoms with Crippen molar-refractivity contribution in [2.24, 2.45) is 0 Å². The maximum Gasteiger partial charge on any atom is 0.356 e. The third-order valence-corrected chi connectivity index (χ3v) is 3.54. The van der Waals surface area contributed by atoms with Crippen LogP contribution in [-0.2, 0) is 0 Å². The summed E-state index contributed by atoms with van der Waals surface area (Å²) in [5.74, 6) is -1.20. The molecule has 0 aliphatic heterocycles. The molecule has 0 bridgehead atoms. The number of aryl methyl sites for hydroxylation is 1. The van der Waals surface area contributed by atoms with Gasteiger partial charge >= 0.3 is 12.0 Å². The molecule has 1 heterocycles. The molecule has 2 aromatic rings. The van der Waals surface area contributed by atoms with Crippen molar-refractivity contribution in [2.75, 3.05) is 10.6 Å². The summed E-state index contributed by atoms with van der Waals surface area (Å²) in [7, 11) is 0. The summed E-state index contributed by atoms with van der Waals surface area (Å²) in [4.78, 5) is 26.6. The number of urea groups is 1. The Bertz CT molecular complexity index is 704. The minimum Gasteiger partial charge on any atom is -0.476 e. The monoisotopic (exact) mass is 349 g/mol. The molecule has 0 aliphatic carbocycles. The van der Waals surface area contributed by atoms with E-state index >= 15 is 0 Å². The molecule has 21 heavy (non-hydrogen) atoms. The minimum atomic E-state index is -1.20. The number of nitrogens with one attached hydrogen (secondary N) is 2. The van der Waals surface area contributed by atoms with Gasteiger partial charge in [0.15, 0.2) is 5.69 Å². The van der Waals surface area contributed by atoms with Crippen LogP contribution in [0.25, 0.3) is 0 Å². The van der Waals surface area contributed by atoms with E-state index in [1.807, 2.05) is 13.0 Å². The molecule has 0 saturated carbocycles. The van der Waals surface area contributed by atoms with Crippen LogP contribution in [0.15, 0.2) is 41.0 Å². The van der Waals surface area contributed by atoms with Crippen LogP contribution in [0.2, 0.25) is 0 Å². The molecule has 108 valence electrons. The van der Waals surface area contributed by atoms with Crippen molar-refractivity contribution < 1.29 is 14.7 Å².